The first-order valence-corrected chi connectivity index (χ1v) is 8.81. The lowest BCUT2D eigenvalue weighted by Gasteiger charge is -2.11. The highest BCUT2D eigenvalue weighted by atomic mass is 35.5. The summed E-state index contributed by atoms with van der Waals surface area (Å²) in [5, 5.41) is 11.6. The molecule has 0 aliphatic carbocycles. The Hall–Kier alpha value is -3.39. The summed E-state index contributed by atoms with van der Waals surface area (Å²) in [7, 11) is 2.94. The van der Waals surface area contributed by atoms with Crippen molar-refractivity contribution in [1.29, 1.82) is 0 Å². The number of anilines is 1. The summed E-state index contributed by atoms with van der Waals surface area (Å²) in [5.74, 6) is -2.16. The van der Waals surface area contributed by atoms with Crippen LogP contribution in [0, 0.1) is 12.7 Å². The van der Waals surface area contributed by atoms with Gasteiger partial charge in [-0.25, -0.2) is 14.2 Å². The number of nitrogens with one attached hydrogen (secondary N) is 1. The van der Waals surface area contributed by atoms with Gasteiger partial charge in [-0.3, -0.25) is 4.79 Å². The van der Waals surface area contributed by atoms with E-state index >= 15 is 0 Å². The molecule has 0 radical (unpaired) electrons. The number of hydrogen-bond acceptors (Lipinski definition) is 4. The average Bonchev–Trinajstić information content (AvgIpc) is 3.05. The second-order valence-corrected chi connectivity index (χ2v) is 6.64. The molecule has 0 saturated carbocycles. The van der Waals surface area contributed by atoms with Crippen LogP contribution >= 0.6 is 11.6 Å². The van der Waals surface area contributed by atoms with E-state index in [1.54, 1.807) is 26.1 Å². The Morgan fingerprint density at radius 1 is 1.28 bits per heavy atom. The van der Waals surface area contributed by atoms with Crippen LogP contribution in [0.4, 0.5) is 10.1 Å². The molecule has 0 fully saturated rings. The van der Waals surface area contributed by atoms with Gasteiger partial charge in [-0.1, -0.05) is 11.6 Å². The van der Waals surface area contributed by atoms with Crippen LogP contribution in [0.2, 0.25) is 5.02 Å². The molecule has 0 bridgehead atoms. The van der Waals surface area contributed by atoms with Gasteiger partial charge in [-0.15, -0.1) is 0 Å². The molecular formula is C20H17ClFN3O4. The molecule has 1 amide bonds. The maximum absolute atomic E-state index is 14.3. The van der Waals surface area contributed by atoms with E-state index in [9.17, 15) is 14.0 Å². The maximum atomic E-state index is 14.3. The minimum atomic E-state index is -1.04. The van der Waals surface area contributed by atoms with Gasteiger partial charge in [0.2, 0.25) is 0 Å². The molecule has 0 aliphatic heterocycles. The summed E-state index contributed by atoms with van der Waals surface area (Å²) >= 11 is 6.12. The molecule has 0 saturated heterocycles. The predicted molar refractivity (Wildman–Crippen MR) is 106 cm³/mol. The topological polar surface area (TPSA) is 93.4 Å². The van der Waals surface area contributed by atoms with Crippen molar-refractivity contribution in [2.75, 3.05) is 12.4 Å². The molecule has 29 heavy (non-hydrogen) atoms. The number of carbonyl (C=O) groups excluding carboxylic acids is 1. The fourth-order valence-electron chi connectivity index (χ4n) is 2.93. The lowest BCUT2D eigenvalue weighted by atomic mass is 10.1. The van der Waals surface area contributed by atoms with Crippen molar-refractivity contribution >= 4 is 29.2 Å². The summed E-state index contributed by atoms with van der Waals surface area (Å²) in [6.07, 6.45) is 1.42. The Kier molecular flexibility index (Phi) is 5.56. The molecule has 0 aliphatic rings. The van der Waals surface area contributed by atoms with Gasteiger partial charge in [-0.05, 0) is 42.8 Å². The second-order valence-electron chi connectivity index (χ2n) is 6.26. The average molecular weight is 418 g/mol. The van der Waals surface area contributed by atoms with E-state index in [1.807, 2.05) is 0 Å². The number of rotatable bonds is 5. The largest absolute Gasteiger partial charge is 0.494 e. The quantitative estimate of drug-likeness (QED) is 0.650. The highest BCUT2D eigenvalue weighted by Gasteiger charge is 2.20. The number of carboxylic acids is 1. The summed E-state index contributed by atoms with van der Waals surface area (Å²) in [6.45, 7) is 1.64. The molecule has 0 spiro atoms. The predicted octanol–water partition coefficient (Wildman–Crippen LogP) is 4.15. The third-order valence-corrected chi connectivity index (χ3v) is 4.82. The number of aromatic nitrogens is 2. The smallest absolute Gasteiger partial charge is 0.335 e. The van der Waals surface area contributed by atoms with Gasteiger partial charge in [0.1, 0.15) is 0 Å². The number of amides is 1. The highest BCUT2D eigenvalue weighted by Crippen LogP contribution is 2.34. The monoisotopic (exact) mass is 417 g/mol. The SMILES string of the molecule is COc1ccc(-c2cnc(C(=O)Nc3ccc(C(=O)O)c(C)c3)n2C)c(Cl)c1F. The lowest BCUT2D eigenvalue weighted by molar-refractivity contribution is 0.0696. The third-order valence-electron chi connectivity index (χ3n) is 4.45. The number of benzene rings is 2. The number of hydrogen-bond donors (Lipinski definition) is 2. The van der Waals surface area contributed by atoms with E-state index in [2.05, 4.69) is 10.3 Å². The van der Waals surface area contributed by atoms with Crippen LogP contribution in [-0.4, -0.2) is 33.6 Å². The fraction of sp³-hybridized carbons (Fsp3) is 0.150. The number of carboxylic acid groups (broad SMARTS) is 1. The van der Waals surface area contributed by atoms with E-state index in [4.69, 9.17) is 21.4 Å². The van der Waals surface area contributed by atoms with Crippen molar-refractivity contribution in [2.24, 2.45) is 7.05 Å². The van der Waals surface area contributed by atoms with Crippen molar-refractivity contribution in [3.63, 3.8) is 0 Å². The van der Waals surface area contributed by atoms with Crippen LogP contribution in [0.5, 0.6) is 5.75 Å². The van der Waals surface area contributed by atoms with Crippen LogP contribution in [0.3, 0.4) is 0 Å². The first-order valence-electron chi connectivity index (χ1n) is 8.44. The molecule has 150 valence electrons. The van der Waals surface area contributed by atoms with Crippen LogP contribution in [-0.2, 0) is 7.05 Å². The van der Waals surface area contributed by atoms with Crippen LogP contribution in [0.15, 0.2) is 36.5 Å². The van der Waals surface area contributed by atoms with Gasteiger partial charge < -0.3 is 19.7 Å². The summed E-state index contributed by atoms with van der Waals surface area (Å²) < 4.78 is 20.6. The van der Waals surface area contributed by atoms with E-state index in [-0.39, 0.29) is 22.2 Å². The minimum absolute atomic E-state index is 0.0130. The fourth-order valence-corrected chi connectivity index (χ4v) is 3.18. The number of ether oxygens (including phenoxy) is 1. The van der Waals surface area contributed by atoms with Gasteiger partial charge in [0.05, 0.1) is 29.6 Å². The Balaban J connectivity index is 1.90. The molecule has 1 aromatic heterocycles. The number of carbonyl (C=O) groups is 2. The molecule has 7 nitrogen and oxygen atoms in total. The third kappa shape index (κ3) is 3.79. The number of aryl methyl sites for hydroxylation is 1. The lowest BCUT2D eigenvalue weighted by Crippen LogP contribution is -2.17. The molecule has 1 heterocycles. The van der Waals surface area contributed by atoms with Gasteiger partial charge in [0.25, 0.3) is 5.91 Å². The zero-order chi connectivity index (χ0) is 21.3. The van der Waals surface area contributed by atoms with Crippen molar-refractivity contribution < 1.29 is 23.8 Å². The van der Waals surface area contributed by atoms with Gasteiger partial charge >= 0.3 is 5.97 Å². The molecule has 9 heteroatoms. The van der Waals surface area contributed by atoms with Crippen LogP contribution in [0.25, 0.3) is 11.3 Å². The second kappa shape index (κ2) is 7.92. The highest BCUT2D eigenvalue weighted by molar-refractivity contribution is 6.33. The van der Waals surface area contributed by atoms with Crippen molar-refractivity contribution in [2.45, 2.75) is 6.92 Å². The summed E-state index contributed by atoms with van der Waals surface area (Å²) in [4.78, 5) is 27.8. The summed E-state index contributed by atoms with van der Waals surface area (Å²) in [6, 6.07) is 7.49. The molecule has 0 unspecified atom stereocenters. The number of aromatic carboxylic acids is 1. The Morgan fingerprint density at radius 3 is 2.62 bits per heavy atom. The van der Waals surface area contributed by atoms with E-state index in [1.165, 1.54) is 36.1 Å². The standard InChI is InChI=1S/C20H17ClFN3O4/c1-10-8-11(4-5-12(10)20(27)28)24-19(26)18-23-9-14(25(18)2)13-6-7-15(29-3)17(22)16(13)21/h4-9H,1-3H3,(H,24,26)(H,27,28). The number of nitrogens with zero attached hydrogens (tertiary/aromatic N) is 2. The Bertz CT molecular complexity index is 1130. The molecule has 3 aromatic rings. The first-order chi connectivity index (χ1) is 13.7. The molecular weight excluding hydrogens is 401 g/mol. The number of imidazole rings is 1. The van der Waals surface area contributed by atoms with E-state index in [0.717, 1.165) is 0 Å². The van der Waals surface area contributed by atoms with Crippen molar-refractivity contribution in [3.05, 3.63) is 64.3 Å². The summed E-state index contributed by atoms with van der Waals surface area (Å²) in [5.41, 5.74) is 1.89. The van der Waals surface area contributed by atoms with E-state index in [0.29, 0.717) is 22.5 Å². The van der Waals surface area contributed by atoms with Gasteiger partial charge in [0.15, 0.2) is 17.4 Å². The van der Waals surface area contributed by atoms with Gasteiger partial charge in [-0.2, -0.15) is 0 Å². The maximum Gasteiger partial charge on any atom is 0.335 e. The van der Waals surface area contributed by atoms with Crippen molar-refractivity contribution in [3.8, 4) is 17.0 Å². The number of halogens is 2. The zero-order valence-electron chi connectivity index (χ0n) is 15.8. The van der Waals surface area contributed by atoms with Crippen molar-refractivity contribution in [1.82, 2.24) is 9.55 Å². The van der Waals surface area contributed by atoms with Gasteiger partial charge in [0, 0.05) is 18.3 Å². The minimum Gasteiger partial charge on any atom is -0.494 e. The normalized spacial score (nSPS) is 10.7. The zero-order valence-corrected chi connectivity index (χ0v) is 16.5. The van der Waals surface area contributed by atoms with Crippen LogP contribution in [0.1, 0.15) is 26.5 Å². The number of methoxy groups -OCH3 is 1. The Labute approximate surface area is 170 Å². The molecule has 2 N–H and O–H groups in total. The molecule has 3 rings (SSSR count). The molecule has 0 atom stereocenters. The first kappa shape index (κ1) is 20.3. The Morgan fingerprint density at radius 2 is 2.00 bits per heavy atom. The molecule has 2 aromatic carbocycles. The van der Waals surface area contributed by atoms with E-state index < -0.39 is 17.7 Å². The van der Waals surface area contributed by atoms with Crippen LogP contribution < -0.4 is 10.1 Å².